The number of hydrogen-bond acceptors (Lipinski definition) is 2. The lowest BCUT2D eigenvalue weighted by Crippen LogP contribution is -2.15. The van der Waals surface area contributed by atoms with Gasteiger partial charge in [-0.1, -0.05) is 54.9 Å². The molecule has 0 aromatic heterocycles. The highest BCUT2D eigenvalue weighted by molar-refractivity contribution is 6.38. The number of hydrogen-bond donors (Lipinski definition) is 1. The highest BCUT2D eigenvalue weighted by atomic mass is 35.5. The van der Waals surface area contributed by atoms with Crippen molar-refractivity contribution in [2.75, 3.05) is 6.54 Å². The van der Waals surface area contributed by atoms with E-state index < -0.39 is 0 Å². The van der Waals surface area contributed by atoms with Crippen molar-refractivity contribution in [2.24, 2.45) is 15.7 Å². The molecule has 0 aliphatic carbocycles. The Morgan fingerprint density at radius 3 is 2.24 bits per heavy atom. The van der Waals surface area contributed by atoms with Crippen LogP contribution in [-0.2, 0) is 0 Å². The van der Waals surface area contributed by atoms with E-state index in [-0.39, 0.29) is 14.0 Å². The zero-order valence-electron chi connectivity index (χ0n) is 10.6. The Morgan fingerprint density at radius 1 is 1.00 bits per heavy atom. The summed E-state index contributed by atoms with van der Waals surface area (Å²) in [5.41, 5.74) is 7.30. The Morgan fingerprint density at radius 2 is 1.62 bits per heavy atom. The van der Waals surface area contributed by atoms with Gasteiger partial charge < -0.3 is 5.73 Å². The first-order chi connectivity index (χ1) is 9.66. The Hall–Kier alpha value is -1.84. The van der Waals surface area contributed by atoms with Gasteiger partial charge in [0, 0.05) is 11.8 Å². The average Bonchev–Trinajstić information content (AvgIpc) is 2.43. The lowest BCUT2D eigenvalue weighted by Gasteiger charge is -2.00. The summed E-state index contributed by atoms with van der Waals surface area (Å²) in [6, 6.07) is 14.8. The van der Waals surface area contributed by atoms with Gasteiger partial charge in [-0.15, -0.1) is 0 Å². The van der Waals surface area contributed by atoms with Crippen LogP contribution in [-0.4, -0.2) is 18.6 Å². The van der Waals surface area contributed by atoms with Crippen LogP contribution in [0.4, 0.5) is 5.69 Å². The van der Waals surface area contributed by atoms with Gasteiger partial charge >= 0.3 is 0 Å². The van der Waals surface area contributed by atoms with Gasteiger partial charge in [-0.05, 0) is 24.3 Å². The van der Waals surface area contributed by atoms with E-state index in [9.17, 15) is 0 Å². The standard InChI is InChI=1S/C15H13Cl2N3.CH4/c16-13-7-4-8-14(17)12(13)9-19-10-15(18)20-11-5-2-1-3-6-11;/h1-9H,10H2,(H2,18,20);1H4. The molecule has 0 fully saturated rings. The van der Waals surface area contributed by atoms with Gasteiger partial charge in [0.1, 0.15) is 5.84 Å². The summed E-state index contributed by atoms with van der Waals surface area (Å²) in [4.78, 5) is 8.46. The molecule has 0 spiro atoms. The van der Waals surface area contributed by atoms with E-state index in [0.717, 1.165) is 5.69 Å². The lowest BCUT2D eigenvalue weighted by atomic mass is 10.2. The van der Waals surface area contributed by atoms with E-state index in [1.807, 2.05) is 30.3 Å². The van der Waals surface area contributed by atoms with Crippen molar-refractivity contribution in [3.8, 4) is 0 Å². The molecule has 3 nitrogen and oxygen atoms in total. The number of para-hydroxylation sites is 1. The minimum absolute atomic E-state index is 0. The van der Waals surface area contributed by atoms with Crippen molar-refractivity contribution in [3.63, 3.8) is 0 Å². The number of aliphatic imine (C=N–C) groups is 2. The van der Waals surface area contributed by atoms with Crippen LogP contribution in [0.15, 0.2) is 58.5 Å². The quantitative estimate of drug-likeness (QED) is 0.641. The molecule has 0 aliphatic heterocycles. The van der Waals surface area contributed by atoms with Crippen LogP contribution >= 0.6 is 23.2 Å². The Labute approximate surface area is 135 Å². The highest BCUT2D eigenvalue weighted by Gasteiger charge is 2.01. The predicted octanol–water partition coefficient (Wildman–Crippen LogP) is 4.74. The first-order valence-corrected chi connectivity index (χ1v) is 6.74. The molecular weight excluding hydrogens is 305 g/mol. The van der Waals surface area contributed by atoms with E-state index in [1.54, 1.807) is 24.4 Å². The summed E-state index contributed by atoms with van der Waals surface area (Å²) >= 11 is 12.1. The maximum Gasteiger partial charge on any atom is 0.121 e. The van der Waals surface area contributed by atoms with E-state index in [4.69, 9.17) is 28.9 Å². The second kappa shape index (κ2) is 8.45. The second-order valence-corrected chi connectivity index (χ2v) is 4.86. The third-order valence-corrected chi connectivity index (χ3v) is 3.16. The topological polar surface area (TPSA) is 50.7 Å². The normalized spacial score (nSPS) is 11.4. The number of halogens is 2. The zero-order valence-corrected chi connectivity index (χ0v) is 12.1. The van der Waals surface area contributed by atoms with Crippen LogP contribution in [0.5, 0.6) is 0 Å². The number of nitrogens with zero attached hydrogens (tertiary/aromatic N) is 2. The smallest absolute Gasteiger partial charge is 0.121 e. The Balaban J connectivity index is 0.00000220. The van der Waals surface area contributed by atoms with Crippen molar-refractivity contribution in [3.05, 3.63) is 64.1 Å². The summed E-state index contributed by atoms with van der Waals surface area (Å²) in [5.74, 6) is 0.427. The van der Waals surface area contributed by atoms with Gasteiger partial charge in [-0.2, -0.15) is 0 Å². The average molecular weight is 322 g/mol. The fraction of sp³-hybridized carbons (Fsp3) is 0.125. The molecule has 0 radical (unpaired) electrons. The van der Waals surface area contributed by atoms with E-state index in [0.29, 0.717) is 21.4 Å². The monoisotopic (exact) mass is 321 g/mol. The Bertz CT molecular complexity index is 617. The first-order valence-electron chi connectivity index (χ1n) is 5.99. The molecule has 0 aliphatic rings. The number of amidine groups is 1. The van der Waals surface area contributed by atoms with Crippen LogP contribution in [0.1, 0.15) is 13.0 Å². The van der Waals surface area contributed by atoms with Crippen molar-refractivity contribution in [1.29, 1.82) is 0 Å². The minimum Gasteiger partial charge on any atom is -0.386 e. The maximum absolute atomic E-state index is 6.04. The summed E-state index contributed by atoms with van der Waals surface area (Å²) in [6.07, 6.45) is 1.61. The van der Waals surface area contributed by atoms with Gasteiger partial charge in [0.2, 0.25) is 0 Å². The van der Waals surface area contributed by atoms with Crippen molar-refractivity contribution in [1.82, 2.24) is 0 Å². The van der Waals surface area contributed by atoms with Gasteiger partial charge in [-0.3, -0.25) is 4.99 Å². The molecule has 0 saturated heterocycles. The van der Waals surface area contributed by atoms with E-state index >= 15 is 0 Å². The molecule has 0 atom stereocenters. The third-order valence-electron chi connectivity index (χ3n) is 2.50. The summed E-state index contributed by atoms with van der Waals surface area (Å²) < 4.78 is 0. The fourth-order valence-electron chi connectivity index (χ4n) is 1.57. The van der Waals surface area contributed by atoms with Crippen LogP contribution in [0.2, 0.25) is 10.0 Å². The first kappa shape index (κ1) is 17.2. The summed E-state index contributed by atoms with van der Waals surface area (Å²) in [6.45, 7) is 0.288. The molecule has 0 unspecified atom stereocenters. The molecule has 2 aromatic rings. The SMILES string of the molecule is C.NC(CN=Cc1c(Cl)cccc1Cl)=Nc1ccccc1. The third kappa shape index (κ3) is 5.21. The molecule has 2 N–H and O–H groups in total. The molecule has 2 rings (SSSR count). The van der Waals surface area contributed by atoms with Gasteiger partial charge in [0.25, 0.3) is 0 Å². The number of nitrogens with two attached hydrogens (primary N) is 1. The largest absolute Gasteiger partial charge is 0.386 e. The molecule has 0 bridgehead atoms. The molecule has 0 saturated carbocycles. The predicted molar refractivity (Wildman–Crippen MR) is 93.4 cm³/mol. The number of benzene rings is 2. The summed E-state index contributed by atoms with van der Waals surface area (Å²) in [5, 5.41) is 1.11. The molecule has 0 amide bonds. The van der Waals surface area contributed by atoms with Crippen molar-refractivity contribution < 1.29 is 0 Å². The van der Waals surface area contributed by atoms with Gasteiger partial charge in [0.05, 0.1) is 22.3 Å². The van der Waals surface area contributed by atoms with Crippen LogP contribution in [0.3, 0.4) is 0 Å². The lowest BCUT2D eigenvalue weighted by molar-refractivity contribution is 1.26. The minimum atomic E-state index is 0. The van der Waals surface area contributed by atoms with E-state index in [2.05, 4.69) is 9.98 Å². The second-order valence-electron chi connectivity index (χ2n) is 4.04. The number of rotatable bonds is 4. The molecule has 0 heterocycles. The van der Waals surface area contributed by atoms with Crippen molar-refractivity contribution >= 4 is 40.9 Å². The van der Waals surface area contributed by atoms with Gasteiger partial charge in [-0.25, -0.2) is 4.99 Å². The fourth-order valence-corrected chi connectivity index (χ4v) is 2.06. The molecule has 2 aromatic carbocycles. The molecule has 110 valence electrons. The van der Waals surface area contributed by atoms with Crippen LogP contribution in [0.25, 0.3) is 0 Å². The molecule has 5 heteroatoms. The summed E-state index contributed by atoms with van der Waals surface area (Å²) in [7, 11) is 0. The zero-order chi connectivity index (χ0) is 14.4. The Kier molecular flexibility index (Phi) is 6.92. The van der Waals surface area contributed by atoms with E-state index in [1.165, 1.54) is 0 Å². The van der Waals surface area contributed by atoms with Crippen LogP contribution in [0, 0.1) is 0 Å². The maximum atomic E-state index is 6.04. The molecular formula is C16H17Cl2N3. The van der Waals surface area contributed by atoms with Gasteiger partial charge in [0.15, 0.2) is 0 Å². The van der Waals surface area contributed by atoms with Crippen molar-refractivity contribution in [2.45, 2.75) is 7.43 Å². The van der Waals surface area contributed by atoms with Crippen LogP contribution < -0.4 is 5.73 Å². The highest BCUT2D eigenvalue weighted by Crippen LogP contribution is 2.22. The molecule has 21 heavy (non-hydrogen) atoms.